The van der Waals surface area contributed by atoms with Crippen LogP contribution in [0.5, 0.6) is 0 Å². The lowest BCUT2D eigenvalue weighted by atomic mass is 10.2. The van der Waals surface area contributed by atoms with E-state index in [0.29, 0.717) is 0 Å². The van der Waals surface area contributed by atoms with Crippen LogP contribution in [0.3, 0.4) is 0 Å². The molecule has 0 saturated carbocycles. The van der Waals surface area contributed by atoms with Gasteiger partial charge in [-0.15, -0.1) is 0 Å². The van der Waals surface area contributed by atoms with E-state index in [1.54, 1.807) is 0 Å². The number of halogens is 3. The molecule has 2 heterocycles. The molecule has 1 aromatic rings. The number of alkyl halides is 3. The van der Waals surface area contributed by atoms with Crippen molar-refractivity contribution in [3.05, 3.63) is 11.8 Å². The number of amides is 1. The summed E-state index contributed by atoms with van der Waals surface area (Å²) in [6.45, 7) is 0.565. The lowest BCUT2D eigenvalue weighted by Gasteiger charge is -2.35. The number of hydrogen-bond donors (Lipinski definition) is 2. The first-order valence-corrected chi connectivity index (χ1v) is 6.10. The van der Waals surface area contributed by atoms with E-state index in [-0.39, 0.29) is 31.5 Å². The van der Waals surface area contributed by atoms with Gasteiger partial charge in [0, 0.05) is 19.7 Å². The Balaban J connectivity index is 2.39. The Morgan fingerprint density at radius 1 is 1.52 bits per heavy atom. The number of carbonyl (C=O) groups excluding carboxylic acids is 1. The molecule has 7 nitrogen and oxygen atoms in total. The van der Waals surface area contributed by atoms with Gasteiger partial charge in [-0.1, -0.05) is 0 Å². The number of aromatic nitrogens is 2. The molecule has 0 bridgehead atoms. The normalized spacial score (nSPS) is 19.4. The van der Waals surface area contributed by atoms with Crippen molar-refractivity contribution in [3.8, 4) is 0 Å². The molecule has 1 atom stereocenters. The fourth-order valence-electron chi connectivity index (χ4n) is 2.01. The summed E-state index contributed by atoms with van der Waals surface area (Å²) in [4.78, 5) is 20.2. The third kappa shape index (κ3) is 3.32. The third-order valence-corrected chi connectivity index (χ3v) is 2.99. The topological polar surface area (TPSA) is 93.4 Å². The Hall–Kier alpha value is -2.10. The zero-order valence-electron chi connectivity index (χ0n) is 11.1. The molecule has 0 aromatic carbocycles. The number of hydrogen-bond acceptors (Lipinski definition) is 6. The van der Waals surface area contributed by atoms with Gasteiger partial charge in [0.15, 0.2) is 5.69 Å². The number of nitrogens with two attached hydrogens (primary N) is 1. The molecule has 2 rings (SSSR count). The SMILES string of the molecule is CNC(=O)C1COCCN1c1cc(C(F)(F)F)nc(N)n1. The lowest BCUT2D eigenvalue weighted by molar-refractivity contribution is -0.141. The first kappa shape index (κ1) is 15.3. The monoisotopic (exact) mass is 305 g/mol. The van der Waals surface area contributed by atoms with E-state index in [9.17, 15) is 18.0 Å². The van der Waals surface area contributed by atoms with Gasteiger partial charge in [-0.05, 0) is 0 Å². The van der Waals surface area contributed by atoms with Crippen LogP contribution in [0, 0.1) is 0 Å². The lowest BCUT2D eigenvalue weighted by Crippen LogP contribution is -2.53. The third-order valence-electron chi connectivity index (χ3n) is 2.99. The van der Waals surface area contributed by atoms with Crippen molar-refractivity contribution in [1.82, 2.24) is 15.3 Å². The smallest absolute Gasteiger partial charge is 0.377 e. The minimum Gasteiger partial charge on any atom is -0.377 e. The van der Waals surface area contributed by atoms with Crippen LogP contribution >= 0.6 is 0 Å². The van der Waals surface area contributed by atoms with Crippen LogP contribution in [0.4, 0.5) is 24.9 Å². The highest BCUT2D eigenvalue weighted by molar-refractivity contribution is 5.85. The summed E-state index contributed by atoms with van der Waals surface area (Å²) in [7, 11) is 1.44. The molecular formula is C11H14F3N5O2. The predicted molar refractivity (Wildman–Crippen MR) is 67.5 cm³/mol. The van der Waals surface area contributed by atoms with Crippen molar-refractivity contribution < 1.29 is 22.7 Å². The second-order valence-corrected chi connectivity index (χ2v) is 4.37. The minimum absolute atomic E-state index is 0.0493. The van der Waals surface area contributed by atoms with E-state index in [1.165, 1.54) is 11.9 Å². The summed E-state index contributed by atoms with van der Waals surface area (Å²) in [5.41, 5.74) is 4.19. The first-order valence-electron chi connectivity index (χ1n) is 6.10. The zero-order valence-corrected chi connectivity index (χ0v) is 11.1. The summed E-state index contributed by atoms with van der Waals surface area (Å²) in [6.07, 6.45) is -4.64. The maximum Gasteiger partial charge on any atom is 0.433 e. The second-order valence-electron chi connectivity index (χ2n) is 4.37. The van der Waals surface area contributed by atoms with Crippen LogP contribution in [-0.2, 0) is 15.7 Å². The second kappa shape index (κ2) is 5.72. The molecule has 0 radical (unpaired) electrons. The molecule has 0 aliphatic carbocycles. The van der Waals surface area contributed by atoms with Gasteiger partial charge in [0.1, 0.15) is 11.9 Å². The van der Waals surface area contributed by atoms with E-state index in [0.717, 1.165) is 6.07 Å². The van der Waals surface area contributed by atoms with Crippen LogP contribution in [0.25, 0.3) is 0 Å². The van der Waals surface area contributed by atoms with E-state index in [1.807, 2.05) is 0 Å². The van der Waals surface area contributed by atoms with Crippen molar-refractivity contribution in [1.29, 1.82) is 0 Å². The average molecular weight is 305 g/mol. The van der Waals surface area contributed by atoms with Crippen LogP contribution < -0.4 is 16.0 Å². The van der Waals surface area contributed by atoms with Gasteiger partial charge >= 0.3 is 6.18 Å². The molecule has 0 spiro atoms. The molecule has 10 heteroatoms. The maximum atomic E-state index is 12.8. The number of nitrogens with one attached hydrogen (secondary N) is 1. The highest BCUT2D eigenvalue weighted by Crippen LogP contribution is 2.30. The molecule has 3 N–H and O–H groups in total. The molecule has 1 aliphatic rings. The van der Waals surface area contributed by atoms with Crippen molar-refractivity contribution in [2.45, 2.75) is 12.2 Å². The van der Waals surface area contributed by atoms with E-state index in [4.69, 9.17) is 10.5 Å². The van der Waals surface area contributed by atoms with E-state index in [2.05, 4.69) is 15.3 Å². The van der Waals surface area contributed by atoms with Crippen molar-refractivity contribution in [3.63, 3.8) is 0 Å². The van der Waals surface area contributed by atoms with Gasteiger partial charge in [-0.3, -0.25) is 4.79 Å². The average Bonchev–Trinajstić information content (AvgIpc) is 2.45. The molecule has 21 heavy (non-hydrogen) atoms. The molecule has 1 unspecified atom stereocenters. The van der Waals surface area contributed by atoms with Crippen molar-refractivity contribution >= 4 is 17.7 Å². The number of carbonyl (C=O) groups is 1. The van der Waals surface area contributed by atoms with E-state index >= 15 is 0 Å². The van der Waals surface area contributed by atoms with Crippen LogP contribution in [0.15, 0.2) is 6.07 Å². The van der Waals surface area contributed by atoms with E-state index < -0.39 is 23.9 Å². The number of nitrogens with zero attached hydrogens (tertiary/aromatic N) is 3. The van der Waals surface area contributed by atoms with Crippen molar-refractivity contribution in [2.24, 2.45) is 0 Å². The number of anilines is 2. The fourth-order valence-corrected chi connectivity index (χ4v) is 2.01. The fraction of sp³-hybridized carbons (Fsp3) is 0.545. The molecular weight excluding hydrogens is 291 g/mol. The van der Waals surface area contributed by atoms with Gasteiger partial charge in [-0.2, -0.15) is 18.2 Å². The number of nitrogen functional groups attached to an aromatic ring is 1. The quantitative estimate of drug-likeness (QED) is 0.800. The van der Waals surface area contributed by atoms with Gasteiger partial charge in [0.2, 0.25) is 11.9 Å². The number of morpholine rings is 1. The first-order chi connectivity index (χ1) is 9.82. The summed E-state index contributed by atoms with van der Waals surface area (Å²) in [5.74, 6) is -0.922. The molecule has 1 fully saturated rings. The largest absolute Gasteiger partial charge is 0.433 e. The summed E-state index contributed by atoms with van der Waals surface area (Å²) >= 11 is 0. The van der Waals surface area contributed by atoms with Gasteiger partial charge in [-0.25, -0.2) is 4.98 Å². The van der Waals surface area contributed by atoms with Gasteiger partial charge < -0.3 is 20.7 Å². The Morgan fingerprint density at radius 3 is 2.86 bits per heavy atom. The summed E-state index contributed by atoms with van der Waals surface area (Å²) in [5, 5.41) is 2.44. The standard InChI is InChI=1S/C11H14F3N5O2/c1-16-9(20)6-5-21-3-2-19(6)8-4-7(11(12,13)14)17-10(15)18-8/h4,6H,2-3,5H2,1H3,(H,16,20)(H2,15,17,18). The van der Waals surface area contributed by atoms with Gasteiger partial charge in [0.25, 0.3) is 0 Å². The van der Waals surface area contributed by atoms with Crippen LogP contribution in [0.2, 0.25) is 0 Å². The highest BCUT2D eigenvalue weighted by atomic mass is 19.4. The Labute approximate surface area is 118 Å². The zero-order chi connectivity index (χ0) is 15.6. The van der Waals surface area contributed by atoms with Crippen molar-refractivity contribution in [2.75, 3.05) is 37.4 Å². The molecule has 116 valence electrons. The summed E-state index contributed by atoms with van der Waals surface area (Å²) in [6, 6.07) is 0.0107. The molecule has 1 amide bonds. The Morgan fingerprint density at radius 2 is 2.24 bits per heavy atom. The Bertz CT molecular complexity index is 537. The maximum absolute atomic E-state index is 12.8. The molecule has 1 aliphatic heterocycles. The highest BCUT2D eigenvalue weighted by Gasteiger charge is 2.36. The van der Waals surface area contributed by atoms with Crippen LogP contribution in [0.1, 0.15) is 5.69 Å². The van der Waals surface area contributed by atoms with Gasteiger partial charge in [0.05, 0.1) is 13.2 Å². The predicted octanol–water partition coefficient (Wildman–Crippen LogP) is 0.0288. The number of ether oxygens (including phenoxy) is 1. The molecule has 1 saturated heterocycles. The number of likely N-dealkylation sites (N-methyl/N-ethyl adjacent to an activating group) is 1. The Kier molecular flexibility index (Phi) is 4.16. The summed E-state index contributed by atoms with van der Waals surface area (Å²) < 4.78 is 43.5. The van der Waals surface area contributed by atoms with Crippen LogP contribution in [-0.4, -0.2) is 48.7 Å². The minimum atomic E-state index is -4.64. The molecule has 1 aromatic heterocycles. The number of rotatable bonds is 2.